The molecule has 162 valence electrons. The molecule has 2 aromatic heterocycles. The monoisotopic (exact) mass is 445 g/mol. The van der Waals surface area contributed by atoms with Crippen molar-refractivity contribution >= 4 is 33.3 Å². The van der Waals surface area contributed by atoms with Crippen molar-refractivity contribution in [2.24, 2.45) is 0 Å². The van der Waals surface area contributed by atoms with Crippen molar-refractivity contribution in [2.75, 3.05) is 10.0 Å². The second kappa shape index (κ2) is 8.47. The van der Waals surface area contributed by atoms with E-state index in [0.29, 0.717) is 17.9 Å². The number of hydrogen-bond donors (Lipinski definition) is 2. The summed E-state index contributed by atoms with van der Waals surface area (Å²) >= 11 is 0. The molecule has 0 aliphatic heterocycles. The van der Waals surface area contributed by atoms with Crippen LogP contribution in [0.1, 0.15) is 28.8 Å². The van der Waals surface area contributed by atoms with E-state index >= 15 is 0 Å². The minimum absolute atomic E-state index is 0.0475. The summed E-state index contributed by atoms with van der Waals surface area (Å²) in [4.78, 5) is 30.9. The summed E-state index contributed by atoms with van der Waals surface area (Å²) in [6.45, 7) is 5.53. The van der Waals surface area contributed by atoms with Crippen LogP contribution >= 0.6 is 0 Å². The van der Waals surface area contributed by atoms with Crippen molar-refractivity contribution in [1.82, 2.24) is 19.7 Å². The van der Waals surface area contributed by atoms with Gasteiger partial charge in [-0.15, -0.1) is 0 Å². The molecule has 0 saturated carbocycles. The number of hydrogen-bond acceptors (Lipinski definition) is 8. The first-order chi connectivity index (χ1) is 14.6. The molecule has 0 spiro atoms. The van der Waals surface area contributed by atoms with Gasteiger partial charge < -0.3 is 5.32 Å². The number of rotatable bonds is 7. The van der Waals surface area contributed by atoms with Crippen molar-refractivity contribution in [3.8, 4) is 0 Å². The van der Waals surface area contributed by atoms with Crippen LogP contribution in [0.15, 0.2) is 41.4 Å². The zero-order chi connectivity index (χ0) is 22.8. The molecule has 0 unspecified atom stereocenters. The van der Waals surface area contributed by atoms with Gasteiger partial charge in [-0.25, -0.2) is 23.1 Å². The molecule has 12 nitrogen and oxygen atoms in total. The zero-order valence-corrected chi connectivity index (χ0v) is 17.7. The van der Waals surface area contributed by atoms with Crippen molar-refractivity contribution in [3.05, 3.63) is 63.7 Å². The van der Waals surface area contributed by atoms with Crippen molar-refractivity contribution in [3.63, 3.8) is 0 Å². The van der Waals surface area contributed by atoms with E-state index < -0.39 is 26.5 Å². The second-order valence-electron chi connectivity index (χ2n) is 6.53. The molecule has 0 aliphatic rings. The van der Waals surface area contributed by atoms with Gasteiger partial charge in [0.05, 0.1) is 9.82 Å². The first-order valence-electron chi connectivity index (χ1n) is 9.07. The number of anilines is 2. The molecule has 0 bridgehead atoms. The summed E-state index contributed by atoms with van der Waals surface area (Å²) < 4.78 is 28.7. The number of nitrogens with one attached hydrogen (secondary N) is 2. The van der Waals surface area contributed by atoms with E-state index in [1.54, 1.807) is 26.8 Å². The molecule has 0 saturated heterocycles. The van der Waals surface area contributed by atoms with Gasteiger partial charge in [0.25, 0.3) is 15.9 Å². The molecule has 2 heterocycles. The first kappa shape index (κ1) is 21.8. The largest absolute Gasteiger partial charge is 0.320 e. The zero-order valence-electron chi connectivity index (χ0n) is 16.9. The Bertz CT molecular complexity index is 1230. The minimum Gasteiger partial charge on any atom is -0.320 e. The van der Waals surface area contributed by atoms with Crippen LogP contribution in [0.2, 0.25) is 0 Å². The van der Waals surface area contributed by atoms with Crippen LogP contribution in [0.5, 0.6) is 0 Å². The predicted octanol–water partition coefficient (Wildman–Crippen LogP) is 2.27. The van der Waals surface area contributed by atoms with Crippen molar-refractivity contribution < 1.29 is 18.1 Å². The molecular formula is C18H19N7O5S. The molecular weight excluding hydrogens is 426 g/mol. The lowest BCUT2D eigenvalue weighted by molar-refractivity contribution is -0.385. The van der Waals surface area contributed by atoms with Gasteiger partial charge in [0.15, 0.2) is 0 Å². The van der Waals surface area contributed by atoms with Crippen molar-refractivity contribution in [1.29, 1.82) is 0 Å². The third-order valence-corrected chi connectivity index (χ3v) is 5.45. The highest BCUT2D eigenvalue weighted by Gasteiger charge is 2.25. The number of sulfonamides is 1. The normalized spacial score (nSPS) is 11.2. The van der Waals surface area contributed by atoms with Gasteiger partial charge in [0, 0.05) is 23.6 Å². The Labute approximate surface area is 177 Å². The van der Waals surface area contributed by atoms with Gasteiger partial charge in [0.1, 0.15) is 6.20 Å². The van der Waals surface area contributed by atoms with Crippen LogP contribution in [-0.4, -0.2) is 39.0 Å². The van der Waals surface area contributed by atoms with E-state index in [2.05, 4.69) is 25.1 Å². The third kappa shape index (κ3) is 5.01. The fourth-order valence-electron chi connectivity index (χ4n) is 2.73. The number of aryl methyl sites for hydroxylation is 3. The lowest BCUT2D eigenvalue weighted by Crippen LogP contribution is -2.17. The number of aromatic nitrogens is 4. The standard InChI is InChI=1S/C18H19N7O5S/c1-4-24-10-15(25(27)28)16(22-24)17(26)21-13-5-7-14(8-6-13)31(29,30)23-18-19-11(2)9-12(3)20-18/h5-10H,4H2,1-3H3,(H,21,26)(H,19,20,23). The molecule has 2 N–H and O–H groups in total. The molecule has 1 amide bonds. The first-order valence-corrected chi connectivity index (χ1v) is 10.6. The maximum atomic E-state index is 12.6. The molecule has 13 heteroatoms. The molecule has 1 aromatic carbocycles. The summed E-state index contributed by atoms with van der Waals surface area (Å²) in [5.41, 5.74) is 0.714. The topological polar surface area (TPSA) is 162 Å². The summed E-state index contributed by atoms with van der Waals surface area (Å²) in [5, 5.41) is 17.5. The average molecular weight is 445 g/mol. The molecule has 0 radical (unpaired) electrons. The quantitative estimate of drug-likeness (QED) is 0.413. The van der Waals surface area contributed by atoms with E-state index in [4.69, 9.17) is 0 Å². The highest BCUT2D eigenvalue weighted by molar-refractivity contribution is 7.92. The fraction of sp³-hybridized carbons (Fsp3) is 0.222. The van der Waals surface area contributed by atoms with E-state index in [-0.39, 0.29) is 22.2 Å². The van der Waals surface area contributed by atoms with E-state index in [9.17, 15) is 23.3 Å². The maximum Gasteiger partial charge on any atom is 0.320 e. The Morgan fingerprint density at radius 2 is 1.77 bits per heavy atom. The third-order valence-electron chi connectivity index (χ3n) is 4.11. The summed E-state index contributed by atoms with van der Waals surface area (Å²) in [6.07, 6.45) is 1.17. The molecule has 3 rings (SSSR count). The van der Waals surface area contributed by atoms with Crippen LogP contribution in [0.4, 0.5) is 17.3 Å². The Morgan fingerprint density at radius 1 is 1.16 bits per heavy atom. The molecule has 0 aliphatic carbocycles. The number of nitrogens with zero attached hydrogens (tertiary/aromatic N) is 5. The second-order valence-corrected chi connectivity index (χ2v) is 8.22. The molecule has 0 atom stereocenters. The number of carbonyl (C=O) groups is 1. The highest BCUT2D eigenvalue weighted by Crippen LogP contribution is 2.20. The van der Waals surface area contributed by atoms with Crippen LogP contribution in [0.3, 0.4) is 0 Å². The molecule has 3 aromatic rings. The fourth-order valence-corrected chi connectivity index (χ4v) is 3.67. The molecule has 31 heavy (non-hydrogen) atoms. The van der Waals surface area contributed by atoms with Crippen molar-refractivity contribution in [2.45, 2.75) is 32.2 Å². The minimum atomic E-state index is -3.95. The molecule has 0 fully saturated rings. The van der Waals surface area contributed by atoms with Crippen LogP contribution in [-0.2, 0) is 16.6 Å². The number of amides is 1. The van der Waals surface area contributed by atoms with Gasteiger partial charge in [0.2, 0.25) is 11.6 Å². The van der Waals surface area contributed by atoms with Crippen LogP contribution in [0.25, 0.3) is 0 Å². The summed E-state index contributed by atoms with van der Waals surface area (Å²) in [5.74, 6) is -0.829. The van der Waals surface area contributed by atoms with Crippen LogP contribution in [0, 0.1) is 24.0 Å². The van der Waals surface area contributed by atoms with Gasteiger partial charge in [-0.1, -0.05) is 0 Å². The summed E-state index contributed by atoms with van der Waals surface area (Å²) in [7, 11) is -3.95. The van der Waals surface area contributed by atoms with Gasteiger partial charge >= 0.3 is 5.69 Å². The van der Waals surface area contributed by atoms with E-state index in [1.807, 2.05) is 0 Å². The Balaban J connectivity index is 1.78. The predicted molar refractivity (Wildman–Crippen MR) is 111 cm³/mol. The highest BCUT2D eigenvalue weighted by atomic mass is 32.2. The SMILES string of the molecule is CCn1cc([N+](=O)[O-])c(C(=O)Nc2ccc(S(=O)(=O)Nc3nc(C)cc(C)n3)cc2)n1. The van der Waals surface area contributed by atoms with Gasteiger partial charge in [-0.05, 0) is 51.1 Å². The number of nitro groups is 1. The van der Waals surface area contributed by atoms with Gasteiger partial charge in [-0.2, -0.15) is 5.10 Å². The Kier molecular flexibility index (Phi) is 5.97. The maximum absolute atomic E-state index is 12.6. The Hall–Kier alpha value is -3.87. The van der Waals surface area contributed by atoms with E-state index in [1.165, 1.54) is 35.1 Å². The lowest BCUT2D eigenvalue weighted by Gasteiger charge is -2.09. The summed E-state index contributed by atoms with van der Waals surface area (Å²) in [6, 6.07) is 6.98. The van der Waals surface area contributed by atoms with Gasteiger partial charge in [-0.3, -0.25) is 19.6 Å². The van der Waals surface area contributed by atoms with Crippen LogP contribution < -0.4 is 10.0 Å². The number of benzene rings is 1. The number of carbonyl (C=O) groups excluding carboxylic acids is 1. The Morgan fingerprint density at radius 3 is 2.32 bits per heavy atom. The van der Waals surface area contributed by atoms with E-state index in [0.717, 1.165) is 0 Å². The smallest absolute Gasteiger partial charge is 0.320 e. The lowest BCUT2D eigenvalue weighted by atomic mass is 10.3. The average Bonchev–Trinajstić information content (AvgIpc) is 3.12.